The van der Waals surface area contributed by atoms with Gasteiger partial charge in [0.25, 0.3) is 5.56 Å². The maximum Gasteiger partial charge on any atom is 0.336 e. The van der Waals surface area contributed by atoms with Crippen molar-refractivity contribution in [3.8, 4) is 11.4 Å². The molecule has 1 aromatic heterocycles. The van der Waals surface area contributed by atoms with E-state index in [0.29, 0.717) is 23.1 Å². The lowest BCUT2D eigenvalue weighted by Gasteiger charge is -2.15. The van der Waals surface area contributed by atoms with E-state index < -0.39 is 5.56 Å². The second-order valence-corrected chi connectivity index (χ2v) is 6.27. The third kappa shape index (κ3) is 2.40. The smallest absolute Gasteiger partial charge is 0.336 e. The van der Waals surface area contributed by atoms with Crippen molar-refractivity contribution in [2.24, 2.45) is 0 Å². The minimum Gasteiger partial charge on any atom is -0.508 e. The average Bonchev–Trinajstić information content (AvgIpc) is 2.65. The molecule has 0 fully saturated rings. The molecular formula is C21H18N2O3. The Morgan fingerprint density at radius 2 is 1.69 bits per heavy atom. The van der Waals surface area contributed by atoms with Crippen molar-refractivity contribution in [2.45, 2.75) is 19.9 Å². The number of rotatable bonds is 3. The first-order chi connectivity index (χ1) is 12.6. The fourth-order valence-corrected chi connectivity index (χ4v) is 3.42. The van der Waals surface area contributed by atoms with Crippen LogP contribution in [0.15, 0.2) is 70.3 Å². The molecule has 0 atom stereocenters. The van der Waals surface area contributed by atoms with E-state index in [1.807, 2.05) is 43.3 Å². The molecule has 0 amide bonds. The first kappa shape index (κ1) is 16.1. The van der Waals surface area contributed by atoms with Crippen LogP contribution in [0.5, 0.6) is 5.75 Å². The number of phenols is 1. The quantitative estimate of drug-likeness (QED) is 0.618. The molecule has 0 aliphatic carbocycles. The number of aryl methyl sites for hydroxylation is 1. The van der Waals surface area contributed by atoms with Crippen molar-refractivity contribution in [1.29, 1.82) is 0 Å². The van der Waals surface area contributed by atoms with Crippen LogP contribution < -0.4 is 11.2 Å². The van der Waals surface area contributed by atoms with Crippen molar-refractivity contribution >= 4 is 21.7 Å². The summed E-state index contributed by atoms with van der Waals surface area (Å²) >= 11 is 0. The van der Waals surface area contributed by atoms with Gasteiger partial charge >= 0.3 is 5.69 Å². The Labute approximate surface area is 149 Å². The fourth-order valence-electron chi connectivity index (χ4n) is 3.42. The number of aromatic nitrogens is 2. The molecule has 4 aromatic rings. The Morgan fingerprint density at radius 1 is 0.923 bits per heavy atom. The molecule has 130 valence electrons. The van der Waals surface area contributed by atoms with Crippen LogP contribution in [-0.2, 0) is 6.54 Å². The van der Waals surface area contributed by atoms with E-state index in [4.69, 9.17) is 0 Å². The van der Waals surface area contributed by atoms with E-state index in [2.05, 4.69) is 0 Å². The summed E-state index contributed by atoms with van der Waals surface area (Å²) in [7, 11) is 0. The molecule has 0 aliphatic heterocycles. The van der Waals surface area contributed by atoms with Gasteiger partial charge in [-0.15, -0.1) is 0 Å². The summed E-state index contributed by atoms with van der Waals surface area (Å²) in [4.78, 5) is 26.3. The Bertz CT molecular complexity index is 1250. The van der Waals surface area contributed by atoms with Gasteiger partial charge in [0.05, 0.1) is 16.6 Å². The molecule has 0 bridgehead atoms. The maximum absolute atomic E-state index is 13.2. The predicted octanol–water partition coefficient (Wildman–Crippen LogP) is 3.42. The summed E-state index contributed by atoms with van der Waals surface area (Å²) in [5.74, 6) is 0.000710. The Morgan fingerprint density at radius 3 is 2.50 bits per heavy atom. The Kier molecular flexibility index (Phi) is 3.84. The van der Waals surface area contributed by atoms with Crippen LogP contribution in [0.1, 0.15) is 13.3 Å². The molecule has 26 heavy (non-hydrogen) atoms. The minimum atomic E-state index is -0.426. The van der Waals surface area contributed by atoms with Crippen molar-refractivity contribution < 1.29 is 5.11 Å². The van der Waals surface area contributed by atoms with Gasteiger partial charge in [-0.2, -0.15) is 0 Å². The highest BCUT2D eigenvalue weighted by Gasteiger charge is 2.16. The van der Waals surface area contributed by atoms with E-state index in [-0.39, 0.29) is 11.4 Å². The molecule has 5 nitrogen and oxygen atoms in total. The first-order valence-corrected chi connectivity index (χ1v) is 8.58. The first-order valence-electron chi connectivity index (χ1n) is 8.58. The van der Waals surface area contributed by atoms with E-state index in [1.54, 1.807) is 16.7 Å². The lowest BCUT2D eigenvalue weighted by atomic mass is 10.1. The number of phenolic OH excluding ortho intramolecular Hbond substituents is 1. The molecule has 0 saturated heterocycles. The summed E-state index contributed by atoms with van der Waals surface area (Å²) in [6.45, 7) is 2.47. The highest BCUT2D eigenvalue weighted by atomic mass is 16.3. The fraction of sp³-hybridized carbons (Fsp3) is 0.143. The zero-order valence-corrected chi connectivity index (χ0v) is 14.3. The van der Waals surface area contributed by atoms with Gasteiger partial charge in [-0.1, -0.05) is 43.3 Å². The molecule has 4 rings (SSSR count). The lowest BCUT2D eigenvalue weighted by Crippen LogP contribution is -2.39. The zero-order valence-electron chi connectivity index (χ0n) is 14.3. The topological polar surface area (TPSA) is 64.2 Å². The van der Waals surface area contributed by atoms with Crippen LogP contribution in [0.25, 0.3) is 27.4 Å². The van der Waals surface area contributed by atoms with Crippen molar-refractivity contribution in [2.75, 3.05) is 0 Å². The standard InChI is InChI=1S/C21H18N2O3/c1-2-12-22-18-11-10-15(24)13-17(18)20(25)23(21(22)26)19-9-5-7-14-6-3-4-8-16(14)19/h3-11,13,24H,2,12H2,1H3. The number of hydrogen-bond acceptors (Lipinski definition) is 3. The van der Waals surface area contributed by atoms with E-state index in [1.165, 1.54) is 16.7 Å². The molecule has 1 N–H and O–H groups in total. The second-order valence-electron chi connectivity index (χ2n) is 6.27. The summed E-state index contributed by atoms with van der Waals surface area (Å²) < 4.78 is 2.80. The van der Waals surface area contributed by atoms with Gasteiger partial charge in [-0.25, -0.2) is 9.36 Å². The molecule has 5 heteroatoms. The number of nitrogens with zero attached hydrogens (tertiary/aromatic N) is 2. The van der Waals surface area contributed by atoms with Crippen LogP contribution in [0.2, 0.25) is 0 Å². The van der Waals surface area contributed by atoms with Gasteiger partial charge in [0.1, 0.15) is 5.75 Å². The van der Waals surface area contributed by atoms with Crippen LogP contribution >= 0.6 is 0 Å². The highest BCUT2D eigenvalue weighted by Crippen LogP contribution is 2.22. The van der Waals surface area contributed by atoms with Crippen molar-refractivity contribution in [3.63, 3.8) is 0 Å². The number of hydrogen-bond donors (Lipinski definition) is 1. The molecule has 0 radical (unpaired) electrons. The molecule has 3 aromatic carbocycles. The molecule has 0 aliphatic rings. The minimum absolute atomic E-state index is 0.000710. The van der Waals surface area contributed by atoms with Crippen molar-refractivity contribution in [3.05, 3.63) is 81.5 Å². The SMILES string of the molecule is CCCn1c(=O)n(-c2cccc3ccccc23)c(=O)c2cc(O)ccc21. The van der Waals surface area contributed by atoms with E-state index in [9.17, 15) is 14.7 Å². The largest absolute Gasteiger partial charge is 0.508 e. The zero-order chi connectivity index (χ0) is 18.3. The Balaban J connectivity index is 2.19. The third-order valence-electron chi connectivity index (χ3n) is 4.58. The van der Waals surface area contributed by atoms with Crippen LogP contribution in [0.4, 0.5) is 0 Å². The summed E-state index contributed by atoms with van der Waals surface area (Å²) in [5.41, 5.74) is 0.292. The van der Waals surface area contributed by atoms with Gasteiger partial charge in [-0.05, 0) is 36.1 Å². The predicted molar refractivity (Wildman–Crippen MR) is 103 cm³/mol. The van der Waals surface area contributed by atoms with Gasteiger partial charge in [-0.3, -0.25) is 9.36 Å². The van der Waals surface area contributed by atoms with Crippen LogP contribution in [-0.4, -0.2) is 14.2 Å². The van der Waals surface area contributed by atoms with Gasteiger partial charge < -0.3 is 5.11 Å². The van der Waals surface area contributed by atoms with Gasteiger partial charge in [0.15, 0.2) is 0 Å². The van der Waals surface area contributed by atoms with Gasteiger partial charge in [0, 0.05) is 11.9 Å². The molecule has 0 spiro atoms. The molecule has 0 unspecified atom stereocenters. The average molecular weight is 346 g/mol. The van der Waals surface area contributed by atoms with Gasteiger partial charge in [0.2, 0.25) is 0 Å². The lowest BCUT2D eigenvalue weighted by molar-refractivity contribution is 0.476. The van der Waals surface area contributed by atoms with Crippen LogP contribution in [0.3, 0.4) is 0 Å². The normalized spacial score (nSPS) is 11.3. The van der Waals surface area contributed by atoms with E-state index >= 15 is 0 Å². The van der Waals surface area contributed by atoms with Crippen LogP contribution in [0, 0.1) is 0 Å². The summed E-state index contributed by atoms with van der Waals surface area (Å²) in [5, 5.41) is 12.0. The van der Waals surface area contributed by atoms with Crippen molar-refractivity contribution in [1.82, 2.24) is 9.13 Å². The summed E-state index contributed by atoms with van der Waals surface area (Å²) in [6.07, 6.45) is 0.754. The maximum atomic E-state index is 13.2. The number of aromatic hydroxyl groups is 1. The highest BCUT2D eigenvalue weighted by molar-refractivity contribution is 5.90. The Hall–Kier alpha value is -3.34. The number of fused-ring (bicyclic) bond motifs is 2. The molecule has 0 saturated carbocycles. The molecule has 1 heterocycles. The number of benzene rings is 3. The second kappa shape index (κ2) is 6.19. The third-order valence-corrected chi connectivity index (χ3v) is 4.58. The van der Waals surface area contributed by atoms with E-state index in [0.717, 1.165) is 17.2 Å². The molecular weight excluding hydrogens is 328 g/mol. The summed E-state index contributed by atoms with van der Waals surface area (Å²) in [6, 6.07) is 17.7. The monoisotopic (exact) mass is 346 g/mol.